The summed E-state index contributed by atoms with van der Waals surface area (Å²) < 4.78 is 0. The standard InChI is InChI=1S/C21H22Cl2N2O3.ClH/c22-18-7-1-4-15(12-18)20(16-5-2-8-19(23)13-16)24-28-11-10-25-9-3-6-17(14-25)21(26)27;/h1-2,4-5,7-8,12-13,17H,3,6,9-11,14H2,(H,26,27);1H/t17-;/m1./s1. The summed E-state index contributed by atoms with van der Waals surface area (Å²) in [6, 6.07) is 14.8. The van der Waals surface area contributed by atoms with Crippen LogP contribution in [0, 0.1) is 5.92 Å². The van der Waals surface area contributed by atoms with Crippen molar-refractivity contribution in [2.75, 3.05) is 26.2 Å². The number of piperidine rings is 1. The second-order valence-corrected chi connectivity index (χ2v) is 7.64. The molecule has 0 unspecified atom stereocenters. The minimum Gasteiger partial charge on any atom is -0.481 e. The fraction of sp³-hybridized carbons (Fsp3) is 0.333. The monoisotopic (exact) mass is 456 g/mol. The van der Waals surface area contributed by atoms with E-state index >= 15 is 0 Å². The number of nitrogens with zero attached hydrogens (tertiary/aromatic N) is 2. The number of carboxylic acid groups (broad SMARTS) is 1. The number of oxime groups is 1. The van der Waals surface area contributed by atoms with Gasteiger partial charge in [-0.3, -0.25) is 9.69 Å². The van der Waals surface area contributed by atoms with Crippen LogP contribution in [0.1, 0.15) is 24.0 Å². The number of benzene rings is 2. The molecule has 29 heavy (non-hydrogen) atoms. The topological polar surface area (TPSA) is 62.1 Å². The Kier molecular flexibility index (Phi) is 9.24. The average molecular weight is 458 g/mol. The maximum atomic E-state index is 11.2. The first-order chi connectivity index (χ1) is 13.5. The zero-order valence-electron chi connectivity index (χ0n) is 15.8. The number of rotatable bonds is 7. The third kappa shape index (κ3) is 6.89. The maximum absolute atomic E-state index is 11.2. The van der Waals surface area contributed by atoms with Gasteiger partial charge in [0, 0.05) is 34.3 Å². The van der Waals surface area contributed by atoms with Gasteiger partial charge in [0.25, 0.3) is 0 Å². The highest BCUT2D eigenvalue weighted by atomic mass is 35.5. The number of carbonyl (C=O) groups is 1. The maximum Gasteiger partial charge on any atom is 0.307 e. The first kappa shape index (κ1) is 23.5. The minimum absolute atomic E-state index is 0. The van der Waals surface area contributed by atoms with Crippen molar-refractivity contribution < 1.29 is 14.7 Å². The van der Waals surface area contributed by atoms with Crippen molar-refractivity contribution in [3.63, 3.8) is 0 Å². The smallest absolute Gasteiger partial charge is 0.307 e. The fourth-order valence-corrected chi connectivity index (χ4v) is 3.66. The molecule has 0 radical (unpaired) electrons. The van der Waals surface area contributed by atoms with Gasteiger partial charge in [0.05, 0.1) is 5.92 Å². The molecule has 0 amide bonds. The fourth-order valence-electron chi connectivity index (χ4n) is 3.28. The number of hydrogen-bond acceptors (Lipinski definition) is 4. The Labute approximate surface area is 186 Å². The van der Waals surface area contributed by atoms with Crippen molar-refractivity contribution in [2.45, 2.75) is 12.8 Å². The van der Waals surface area contributed by atoms with Crippen LogP contribution in [-0.2, 0) is 9.63 Å². The zero-order valence-corrected chi connectivity index (χ0v) is 18.1. The summed E-state index contributed by atoms with van der Waals surface area (Å²) >= 11 is 12.3. The molecule has 3 rings (SSSR count). The number of aliphatic carboxylic acids is 1. The quantitative estimate of drug-likeness (QED) is 0.362. The van der Waals surface area contributed by atoms with Gasteiger partial charge in [-0.15, -0.1) is 12.4 Å². The molecule has 1 N–H and O–H groups in total. The van der Waals surface area contributed by atoms with Gasteiger partial charge in [-0.05, 0) is 43.7 Å². The van der Waals surface area contributed by atoms with E-state index in [9.17, 15) is 9.90 Å². The van der Waals surface area contributed by atoms with Crippen LogP contribution < -0.4 is 0 Å². The number of halogens is 3. The summed E-state index contributed by atoms with van der Waals surface area (Å²) in [5.74, 6) is -1.03. The molecule has 2 aromatic carbocycles. The van der Waals surface area contributed by atoms with E-state index in [0.717, 1.165) is 30.5 Å². The highest BCUT2D eigenvalue weighted by Crippen LogP contribution is 2.19. The first-order valence-corrected chi connectivity index (χ1v) is 9.95. The summed E-state index contributed by atoms with van der Waals surface area (Å²) in [5, 5.41) is 14.8. The van der Waals surface area contributed by atoms with Crippen LogP contribution in [-0.4, -0.2) is 47.9 Å². The molecule has 1 atom stereocenters. The lowest BCUT2D eigenvalue weighted by molar-refractivity contribution is -0.143. The van der Waals surface area contributed by atoms with Gasteiger partial charge < -0.3 is 9.94 Å². The van der Waals surface area contributed by atoms with Gasteiger partial charge in [0.15, 0.2) is 0 Å². The van der Waals surface area contributed by atoms with Gasteiger partial charge in [-0.2, -0.15) is 0 Å². The van der Waals surface area contributed by atoms with Gasteiger partial charge in [-0.1, -0.05) is 52.6 Å². The van der Waals surface area contributed by atoms with E-state index in [4.69, 9.17) is 28.0 Å². The van der Waals surface area contributed by atoms with Crippen molar-refractivity contribution in [3.8, 4) is 0 Å². The predicted molar refractivity (Wildman–Crippen MR) is 119 cm³/mol. The van der Waals surface area contributed by atoms with E-state index in [1.54, 1.807) is 12.1 Å². The van der Waals surface area contributed by atoms with E-state index in [-0.39, 0.29) is 18.3 Å². The average Bonchev–Trinajstić information content (AvgIpc) is 2.68. The molecule has 1 saturated heterocycles. The van der Waals surface area contributed by atoms with Crippen LogP contribution in [0.4, 0.5) is 0 Å². The third-order valence-corrected chi connectivity index (χ3v) is 5.18. The van der Waals surface area contributed by atoms with Gasteiger partial charge >= 0.3 is 5.97 Å². The molecule has 1 fully saturated rings. The summed E-state index contributed by atoms with van der Waals surface area (Å²) in [6.07, 6.45) is 1.62. The Morgan fingerprint density at radius 3 is 2.31 bits per heavy atom. The van der Waals surface area contributed by atoms with Gasteiger partial charge in [-0.25, -0.2) is 0 Å². The van der Waals surface area contributed by atoms with Gasteiger partial charge in [0.2, 0.25) is 0 Å². The number of likely N-dealkylation sites (tertiary alicyclic amines) is 1. The van der Waals surface area contributed by atoms with E-state index in [1.165, 1.54) is 0 Å². The molecule has 8 heteroatoms. The molecule has 1 aliphatic heterocycles. The second kappa shape index (κ2) is 11.4. The highest BCUT2D eigenvalue weighted by Gasteiger charge is 2.25. The van der Waals surface area contributed by atoms with Gasteiger partial charge in [0.1, 0.15) is 12.3 Å². The number of carboxylic acids is 1. The molecule has 156 valence electrons. The van der Waals surface area contributed by atoms with Crippen LogP contribution in [0.25, 0.3) is 0 Å². The second-order valence-electron chi connectivity index (χ2n) is 6.77. The SMILES string of the molecule is Cl.O=C(O)[C@@H]1CCCN(CCON=C(c2cccc(Cl)c2)c2cccc(Cl)c2)C1. The Morgan fingerprint density at radius 2 is 1.76 bits per heavy atom. The zero-order chi connectivity index (χ0) is 19.9. The van der Waals surface area contributed by atoms with Crippen molar-refractivity contribution in [2.24, 2.45) is 11.1 Å². The highest BCUT2D eigenvalue weighted by molar-refractivity contribution is 6.32. The van der Waals surface area contributed by atoms with Crippen LogP contribution in [0.2, 0.25) is 10.0 Å². The minimum atomic E-state index is -0.729. The largest absolute Gasteiger partial charge is 0.481 e. The first-order valence-electron chi connectivity index (χ1n) is 9.20. The molecule has 0 bridgehead atoms. The van der Waals surface area contributed by atoms with Crippen molar-refractivity contribution in [1.82, 2.24) is 4.90 Å². The van der Waals surface area contributed by atoms with Crippen molar-refractivity contribution in [1.29, 1.82) is 0 Å². The van der Waals surface area contributed by atoms with Crippen LogP contribution in [0.3, 0.4) is 0 Å². The van der Waals surface area contributed by atoms with E-state index < -0.39 is 5.97 Å². The van der Waals surface area contributed by atoms with E-state index in [2.05, 4.69) is 10.1 Å². The lowest BCUT2D eigenvalue weighted by Crippen LogP contribution is -2.40. The molecule has 5 nitrogen and oxygen atoms in total. The molecular formula is C21H23Cl3N2O3. The van der Waals surface area contributed by atoms with E-state index in [0.29, 0.717) is 35.5 Å². The molecule has 0 aromatic heterocycles. The molecule has 1 aliphatic rings. The lowest BCUT2D eigenvalue weighted by atomic mass is 9.98. The van der Waals surface area contributed by atoms with Crippen LogP contribution >= 0.6 is 35.6 Å². The third-order valence-electron chi connectivity index (χ3n) is 4.71. The van der Waals surface area contributed by atoms with Crippen LogP contribution in [0.15, 0.2) is 53.7 Å². The molecule has 1 heterocycles. The molecule has 0 aliphatic carbocycles. The Bertz CT molecular complexity index is 813. The van der Waals surface area contributed by atoms with Crippen molar-refractivity contribution in [3.05, 3.63) is 69.7 Å². The summed E-state index contributed by atoms with van der Waals surface area (Å²) in [5.41, 5.74) is 2.31. The molecule has 0 spiro atoms. The Balaban J connectivity index is 0.00000300. The van der Waals surface area contributed by atoms with Crippen LogP contribution in [0.5, 0.6) is 0 Å². The molecule has 2 aromatic rings. The van der Waals surface area contributed by atoms with E-state index in [1.807, 2.05) is 36.4 Å². The lowest BCUT2D eigenvalue weighted by Gasteiger charge is -2.29. The number of hydrogen-bond donors (Lipinski definition) is 1. The normalized spacial score (nSPS) is 16.6. The summed E-state index contributed by atoms with van der Waals surface area (Å²) in [6.45, 7) is 2.44. The predicted octanol–water partition coefficient (Wildman–Crippen LogP) is 4.98. The van der Waals surface area contributed by atoms with Crippen molar-refractivity contribution >= 4 is 47.3 Å². The molecular weight excluding hydrogens is 435 g/mol. The Morgan fingerprint density at radius 1 is 1.14 bits per heavy atom. The summed E-state index contributed by atoms with van der Waals surface area (Å²) in [7, 11) is 0. The molecule has 0 saturated carbocycles. The summed E-state index contributed by atoms with van der Waals surface area (Å²) in [4.78, 5) is 18.9. The Hall–Kier alpha value is -1.79.